The molecule has 1 heterocycles. The number of fused-ring (bicyclic) bond motifs is 2. The molecule has 0 bridgehead atoms. The van der Waals surface area contributed by atoms with Gasteiger partial charge in [-0.15, -0.1) is 0 Å². The number of hydrogen-bond donors (Lipinski definition) is 3. The molecule has 0 radical (unpaired) electrons. The number of carbonyl (C=O) groups is 1. The van der Waals surface area contributed by atoms with Gasteiger partial charge in [0.2, 0.25) is 0 Å². The van der Waals surface area contributed by atoms with Crippen molar-refractivity contribution in [1.29, 1.82) is 0 Å². The molecule has 6 aromatic carbocycles. The van der Waals surface area contributed by atoms with Gasteiger partial charge in [0.05, 0.1) is 18.8 Å². The molecule has 6 aromatic rings. The third kappa shape index (κ3) is 32.3. The maximum absolute atomic E-state index is 12.9. The first-order valence-corrected chi connectivity index (χ1v) is 24.9. The summed E-state index contributed by atoms with van der Waals surface area (Å²) in [5.74, 6) is 1.83. The summed E-state index contributed by atoms with van der Waals surface area (Å²) in [6.45, 7) is 30.1. The van der Waals surface area contributed by atoms with Crippen LogP contribution in [-0.4, -0.2) is 79.2 Å². The molecule has 1 aliphatic heterocycles. The van der Waals surface area contributed by atoms with Crippen LogP contribution in [0.2, 0.25) is 0 Å². The van der Waals surface area contributed by atoms with Crippen LogP contribution in [0.1, 0.15) is 127 Å². The minimum absolute atomic E-state index is 0.0492. The van der Waals surface area contributed by atoms with Crippen LogP contribution in [0.15, 0.2) is 146 Å². The zero-order chi connectivity index (χ0) is 51.8. The maximum Gasteiger partial charge on any atom is 0.339 e. The van der Waals surface area contributed by atoms with Crippen molar-refractivity contribution in [3.8, 4) is 17.2 Å². The summed E-state index contributed by atoms with van der Waals surface area (Å²) in [5.41, 5.74) is 0.518. The summed E-state index contributed by atoms with van der Waals surface area (Å²) in [6.07, 6.45) is 2.38. The number of hydrogen-bond acceptors (Lipinski definition) is 9. The van der Waals surface area contributed by atoms with Crippen LogP contribution in [0, 0.1) is 0 Å². The Bertz CT molecular complexity index is 1900. The highest BCUT2D eigenvalue weighted by atomic mass is 16.6. The van der Waals surface area contributed by atoms with E-state index < -0.39 is 18.2 Å². The number of esters is 1. The standard InChI is InChI=1S/C24H20O4.C9H12O3.C9H10O2.3C3H8.4C2H6/c25-19(15-27-20-10-2-1-3-11-20)16-28-24(26)23-21-12-6-4-8-17(21)14-18-9-5-7-13-22(18)23;10-6-8(11)7-12-9-4-2-1-3-5-9;1-2-4-8(5-3-1)10-6-9-7-11-9;3*1-3-2;4*1-2/h1-14,19,25H,15-16H2;1-5,8,10-11H,6-7H2;1-5,9H,6-7H2;3*3H2,1-2H3;4*1-2H3. The number of aliphatic hydroxyl groups is 3. The van der Waals surface area contributed by atoms with Gasteiger partial charge in [0.1, 0.15) is 62.0 Å². The molecule has 0 spiro atoms. The van der Waals surface area contributed by atoms with Crippen molar-refractivity contribution in [1.82, 2.24) is 0 Å². The Balaban J connectivity index is -0.000000879. The fraction of sp³-hybridized carbons (Fsp3) is 0.441. The van der Waals surface area contributed by atoms with Crippen LogP contribution in [0.4, 0.5) is 0 Å². The number of para-hydroxylation sites is 3. The van der Waals surface area contributed by atoms with E-state index in [1.807, 2.05) is 171 Å². The molecule has 3 atom stereocenters. The predicted molar refractivity (Wildman–Crippen MR) is 290 cm³/mol. The number of aliphatic hydroxyl groups excluding tert-OH is 3. The lowest BCUT2D eigenvalue weighted by Gasteiger charge is -2.15. The quantitative estimate of drug-likeness (QED) is 0.0589. The zero-order valence-electron chi connectivity index (χ0n) is 44.2. The van der Waals surface area contributed by atoms with Gasteiger partial charge in [0, 0.05) is 0 Å². The highest BCUT2D eigenvalue weighted by molar-refractivity contribution is 6.16. The zero-order valence-corrected chi connectivity index (χ0v) is 44.2. The van der Waals surface area contributed by atoms with Gasteiger partial charge in [0.15, 0.2) is 0 Å². The van der Waals surface area contributed by atoms with Crippen LogP contribution in [0.5, 0.6) is 17.2 Å². The topological polar surface area (TPSA) is 127 Å². The van der Waals surface area contributed by atoms with E-state index in [9.17, 15) is 9.90 Å². The Morgan fingerprint density at radius 2 is 0.838 bits per heavy atom. The highest BCUT2D eigenvalue weighted by Gasteiger charge is 2.23. The first-order valence-electron chi connectivity index (χ1n) is 24.9. The fourth-order valence-corrected chi connectivity index (χ4v) is 4.87. The summed E-state index contributed by atoms with van der Waals surface area (Å²) >= 11 is 0. The summed E-state index contributed by atoms with van der Waals surface area (Å²) in [5, 5.41) is 31.2. The van der Waals surface area contributed by atoms with E-state index in [2.05, 4.69) is 47.6 Å². The van der Waals surface area contributed by atoms with Crippen molar-refractivity contribution >= 4 is 27.5 Å². The first kappa shape index (κ1) is 66.8. The molecule has 0 aromatic heterocycles. The van der Waals surface area contributed by atoms with Gasteiger partial charge in [-0.1, -0.05) is 219 Å². The van der Waals surface area contributed by atoms with E-state index in [-0.39, 0.29) is 26.4 Å². The van der Waals surface area contributed by atoms with E-state index in [0.717, 1.165) is 33.9 Å². The van der Waals surface area contributed by atoms with Gasteiger partial charge < -0.3 is 39.0 Å². The largest absolute Gasteiger partial charge is 0.491 e. The SMILES string of the molecule is CC.CC.CC.CC.CCC.CCC.CCC.O=C(OCC(O)COc1ccccc1)c1c2ccccc2cc2ccccc12.OCC(O)COc1ccccc1.c1ccc(OCC2CO2)cc1. The highest BCUT2D eigenvalue weighted by Crippen LogP contribution is 2.29. The maximum atomic E-state index is 12.9. The van der Waals surface area contributed by atoms with Gasteiger partial charge in [-0.25, -0.2) is 4.79 Å². The second-order valence-electron chi connectivity index (χ2n) is 13.7. The summed E-state index contributed by atoms with van der Waals surface area (Å²) in [6, 6.07) is 45.7. The second-order valence-corrected chi connectivity index (χ2v) is 13.7. The number of epoxide rings is 1. The van der Waals surface area contributed by atoms with E-state index in [1.165, 1.54) is 19.3 Å². The van der Waals surface area contributed by atoms with Crippen molar-refractivity contribution < 1.29 is 43.8 Å². The Morgan fingerprint density at radius 3 is 1.19 bits per heavy atom. The lowest BCUT2D eigenvalue weighted by atomic mass is 9.97. The number of carbonyl (C=O) groups excluding carboxylic acids is 1. The van der Waals surface area contributed by atoms with Crippen molar-refractivity contribution in [2.24, 2.45) is 0 Å². The molecular formula is C59H90O9. The minimum Gasteiger partial charge on any atom is -0.491 e. The Labute approximate surface area is 412 Å². The van der Waals surface area contributed by atoms with Crippen molar-refractivity contribution in [3.05, 3.63) is 151 Å². The Kier molecular flexibility index (Phi) is 47.2. The van der Waals surface area contributed by atoms with Gasteiger partial charge in [-0.3, -0.25) is 0 Å². The molecule has 1 aliphatic rings. The normalized spacial score (nSPS) is 11.8. The fourth-order valence-electron chi connectivity index (χ4n) is 4.87. The molecule has 68 heavy (non-hydrogen) atoms. The molecule has 3 N–H and O–H groups in total. The number of benzene rings is 6. The third-order valence-electron chi connectivity index (χ3n) is 7.55. The van der Waals surface area contributed by atoms with E-state index in [0.29, 0.717) is 29.8 Å². The first-order chi connectivity index (χ1) is 33.2. The molecule has 0 amide bonds. The lowest BCUT2D eigenvalue weighted by Crippen LogP contribution is -2.25. The van der Waals surface area contributed by atoms with Gasteiger partial charge >= 0.3 is 5.97 Å². The molecule has 9 nitrogen and oxygen atoms in total. The van der Waals surface area contributed by atoms with Crippen LogP contribution in [-0.2, 0) is 9.47 Å². The van der Waals surface area contributed by atoms with E-state index >= 15 is 0 Å². The van der Waals surface area contributed by atoms with E-state index in [4.69, 9.17) is 33.9 Å². The summed E-state index contributed by atoms with van der Waals surface area (Å²) in [4.78, 5) is 12.9. The molecule has 0 aliphatic carbocycles. The van der Waals surface area contributed by atoms with Crippen molar-refractivity contribution in [3.63, 3.8) is 0 Å². The monoisotopic (exact) mass is 943 g/mol. The third-order valence-corrected chi connectivity index (χ3v) is 7.55. The molecule has 7 rings (SSSR count). The smallest absolute Gasteiger partial charge is 0.339 e. The molecule has 380 valence electrons. The van der Waals surface area contributed by atoms with Gasteiger partial charge in [-0.2, -0.15) is 0 Å². The van der Waals surface area contributed by atoms with Crippen molar-refractivity contribution in [2.45, 2.75) is 135 Å². The summed E-state index contributed by atoms with van der Waals surface area (Å²) in [7, 11) is 0. The molecule has 1 fully saturated rings. The van der Waals surface area contributed by atoms with E-state index in [1.54, 1.807) is 24.3 Å². The molecule has 3 unspecified atom stereocenters. The van der Waals surface area contributed by atoms with Crippen LogP contribution in [0.25, 0.3) is 21.5 Å². The number of ether oxygens (including phenoxy) is 5. The van der Waals surface area contributed by atoms with Crippen LogP contribution < -0.4 is 14.2 Å². The van der Waals surface area contributed by atoms with Crippen molar-refractivity contribution in [2.75, 3.05) is 39.6 Å². The van der Waals surface area contributed by atoms with Crippen LogP contribution in [0.3, 0.4) is 0 Å². The predicted octanol–water partition coefficient (Wildman–Crippen LogP) is 14.8. The van der Waals surface area contributed by atoms with Gasteiger partial charge in [0.25, 0.3) is 0 Å². The van der Waals surface area contributed by atoms with Gasteiger partial charge in [-0.05, 0) is 64.0 Å². The molecule has 9 heteroatoms. The number of rotatable bonds is 13. The Hall–Kier alpha value is -5.45. The second kappa shape index (κ2) is 48.0. The Morgan fingerprint density at radius 1 is 0.515 bits per heavy atom. The molecule has 1 saturated heterocycles. The summed E-state index contributed by atoms with van der Waals surface area (Å²) < 4.78 is 26.5. The van der Waals surface area contributed by atoms with Crippen LogP contribution >= 0.6 is 0 Å². The molecule has 0 saturated carbocycles. The molecular weight excluding hydrogens is 853 g/mol. The minimum atomic E-state index is -0.912. The lowest BCUT2D eigenvalue weighted by molar-refractivity contribution is 0.0133. The average Bonchev–Trinajstić information content (AvgIpc) is 4.24. The average molecular weight is 943 g/mol.